The number of nitrogens with zero attached hydrogens (tertiary/aromatic N) is 1. The van der Waals surface area contributed by atoms with E-state index in [1.165, 1.54) is 45.2 Å². The predicted octanol–water partition coefficient (Wildman–Crippen LogP) is 2.02. The minimum atomic E-state index is 0.623. The Balaban J connectivity index is 2.10. The summed E-state index contributed by atoms with van der Waals surface area (Å²) in [6, 6.07) is 0. The van der Waals surface area contributed by atoms with E-state index in [9.17, 15) is 0 Å². The van der Waals surface area contributed by atoms with E-state index in [2.05, 4.69) is 11.8 Å². The van der Waals surface area contributed by atoms with Crippen LogP contribution in [0.3, 0.4) is 0 Å². The highest BCUT2D eigenvalue weighted by Gasteiger charge is 2.37. The summed E-state index contributed by atoms with van der Waals surface area (Å²) in [6.45, 7) is 5.19. The van der Waals surface area contributed by atoms with Crippen LogP contribution in [0.15, 0.2) is 0 Å². The van der Waals surface area contributed by atoms with Gasteiger partial charge in [0, 0.05) is 5.54 Å². The Hall–Kier alpha value is -0.0400. The van der Waals surface area contributed by atoms with Crippen LogP contribution in [-0.2, 0) is 0 Å². The zero-order chi connectivity index (χ0) is 7.03. The Morgan fingerprint density at radius 3 is 2.50 bits per heavy atom. The lowest BCUT2D eigenvalue weighted by atomic mass is 9.89. The molecule has 58 valence electrons. The molecule has 0 saturated carbocycles. The summed E-state index contributed by atoms with van der Waals surface area (Å²) in [5.74, 6) is 0. The Morgan fingerprint density at radius 2 is 1.70 bits per heavy atom. The molecule has 1 nitrogen and oxygen atoms in total. The molecule has 0 N–H and O–H groups in total. The molecule has 2 rings (SSSR count). The van der Waals surface area contributed by atoms with Gasteiger partial charge < -0.3 is 0 Å². The molecule has 1 heteroatoms. The molecule has 0 aromatic rings. The second kappa shape index (κ2) is 2.23. The second-order valence-electron chi connectivity index (χ2n) is 4.04. The Kier molecular flexibility index (Phi) is 1.48. The first-order valence-corrected chi connectivity index (χ1v) is 4.56. The average molecular weight is 139 g/mol. The molecule has 0 bridgehead atoms. The molecule has 0 amide bonds. The Bertz CT molecular complexity index is 133. The van der Waals surface area contributed by atoms with Crippen molar-refractivity contribution in [3.63, 3.8) is 0 Å². The molecule has 0 aromatic heterocycles. The van der Waals surface area contributed by atoms with Gasteiger partial charge in [0.15, 0.2) is 0 Å². The number of rotatable bonds is 0. The minimum absolute atomic E-state index is 0.623. The van der Waals surface area contributed by atoms with Gasteiger partial charge in [0.2, 0.25) is 0 Å². The summed E-state index contributed by atoms with van der Waals surface area (Å²) >= 11 is 0. The molecule has 0 aliphatic carbocycles. The molecule has 2 saturated heterocycles. The number of hydrogen-bond acceptors (Lipinski definition) is 1. The van der Waals surface area contributed by atoms with E-state index in [4.69, 9.17) is 0 Å². The van der Waals surface area contributed by atoms with Gasteiger partial charge in [-0.3, -0.25) is 4.90 Å². The smallest absolute Gasteiger partial charge is 0.0181 e. The standard InChI is InChI=1S/C9H17N/c1-9-5-2-3-7-10(9)8-4-6-9/h2-8H2,1H3/t9-/m1/s1. The largest absolute Gasteiger partial charge is 0.298 e. The van der Waals surface area contributed by atoms with Crippen molar-refractivity contribution in [2.45, 2.75) is 44.6 Å². The van der Waals surface area contributed by atoms with Crippen molar-refractivity contribution < 1.29 is 0 Å². The third-order valence-corrected chi connectivity index (χ3v) is 3.30. The summed E-state index contributed by atoms with van der Waals surface area (Å²) in [5, 5.41) is 0. The zero-order valence-corrected chi connectivity index (χ0v) is 6.90. The van der Waals surface area contributed by atoms with Crippen LogP contribution in [-0.4, -0.2) is 23.5 Å². The van der Waals surface area contributed by atoms with E-state index >= 15 is 0 Å². The van der Waals surface area contributed by atoms with Crippen molar-refractivity contribution in [3.8, 4) is 0 Å². The van der Waals surface area contributed by atoms with Crippen LogP contribution in [0.5, 0.6) is 0 Å². The van der Waals surface area contributed by atoms with Gasteiger partial charge in [0.1, 0.15) is 0 Å². The van der Waals surface area contributed by atoms with Gasteiger partial charge in [0.25, 0.3) is 0 Å². The van der Waals surface area contributed by atoms with E-state index in [0.717, 1.165) is 0 Å². The maximum Gasteiger partial charge on any atom is 0.0181 e. The highest BCUT2D eigenvalue weighted by atomic mass is 15.2. The van der Waals surface area contributed by atoms with Gasteiger partial charge in [-0.1, -0.05) is 6.42 Å². The van der Waals surface area contributed by atoms with E-state index < -0.39 is 0 Å². The van der Waals surface area contributed by atoms with Crippen molar-refractivity contribution in [1.29, 1.82) is 0 Å². The van der Waals surface area contributed by atoms with E-state index in [1.54, 1.807) is 0 Å². The summed E-state index contributed by atoms with van der Waals surface area (Å²) in [4.78, 5) is 2.69. The van der Waals surface area contributed by atoms with Crippen LogP contribution in [0.4, 0.5) is 0 Å². The zero-order valence-electron chi connectivity index (χ0n) is 6.90. The summed E-state index contributed by atoms with van der Waals surface area (Å²) < 4.78 is 0. The molecule has 2 aliphatic rings. The lowest BCUT2D eigenvalue weighted by Gasteiger charge is -2.39. The van der Waals surface area contributed by atoms with Crippen molar-refractivity contribution in [2.24, 2.45) is 0 Å². The van der Waals surface area contributed by atoms with Crippen LogP contribution in [0, 0.1) is 0 Å². The lowest BCUT2D eigenvalue weighted by molar-refractivity contribution is 0.108. The molecule has 0 aromatic carbocycles. The second-order valence-corrected chi connectivity index (χ2v) is 4.04. The van der Waals surface area contributed by atoms with Crippen molar-refractivity contribution in [1.82, 2.24) is 4.90 Å². The fourth-order valence-electron chi connectivity index (χ4n) is 2.55. The van der Waals surface area contributed by atoms with E-state index in [0.29, 0.717) is 5.54 Å². The highest BCUT2D eigenvalue weighted by molar-refractivity contribution is 4.94. The molecule has 0 unspecified atom stereocenters. The van der Waals surface area contributed by atoms with Crippen LogP contribution in [0.25, 0.3) is 0 Å². The third-order valence-electron chi connectivity index (χ3n) is 3.30. The molecule has 2 aliphatic heterocycles. The fourth-order valence-corrected chi connectivity index (χ4v) is 2.55. The normalized spacial score (nSPS) is 41.7. The highest BCUT2D eigenvalue weighted by Crippen LogP contribution is 2.36. The van der Waals surface area contributed by atoms with E-state index in [1.807, 2.05) is 0 Å². The van der Waals surface area contributed by atoms with Gasteiger partial charge in [-0.25, -0.2) is 0 Å². The molecule has 2 heterocycles. The van der Waals surface area contributed by atoms with Crippen LogP contribution >= 0.6 is 0 Å². The first-order chi connectivity index (χ1) is 4.81. The molecule has 10 heavy (non-hydrogen) atoms. The SMILES string of the molecule is C[C@]12CCCCN1CCC2. The summed E-state index contributed by atoms with van der Waals surface area (Å²) in [5.41, 5.74) is 0.623. The minimum Gasteiger partial charge on any atom is -0.298 e. The first-order valence-electron chi connectivity index (χ1n) is 4.56. The van der Waals surface area contributed by atoms with Crippen molar-refractivity contribution >= 4 is 0 Å². The maximum absolute atomic E-state index is 2.69. The Labute approximate surface area is 63.4 Å². The maximum atomic E-state index is 2.69. The number of fused-ring (bicyclic) bond motifs is 1. The molecule has 0 spiro atoms. The quantitative estimate of drug-likeness (QED) is 0.496. The summed E-state index contributed by atoms with van der Waals surface area (Å²) in [6.07, 6.45) is 7.25. The average Bonchev–Trinajstić information content (AvgIpc) is 2.29. The van der Waals surface area contributed by atoms with Crippen LogP contribution < -0.4 is 0 Å². The van der Waals surface area contributed by atoms with Crippen molar-refractivity contribution in [2.75, 3.05) is 13.1 Å². The number of piperidine rings is 1. The van der Waals surface area contributed by atoms with Gasteiger partial charge in [-0.05, 0) is 45.7 Å². The predicted molar refractivity (Wildman–Crippen MR) is 43.1 cm³/mol. The van der Waals surface area contributed by atoms with Gasteiger partial charge in [-0.2, -0.15) is 0 Å². The molecular formula is C9H17N. The molecule has 0 radical (unpaired) electrons. The van der Waals surface area contributed by atoms with Gasteiger partial charge in [-0.15, -0.1) is 0 Å². The lowest BCUT2D eigenvalue weighted by Crippen LogP contribution is -2.44. The fraction of sp³-hybridized carbons (Fsp3) is 1.00. The van der Waals surface area contributed by atoms with E-state index in [-0.39, 0.29) is 0 Å². The van der Waals surface area contributed by atoms with Crippen molar-refractivity contribution in [3.05, 3.63) is 0 Å². The van der Waals surface area contributed by atoms with Crippen LogP contribution in [0.2, 0.25) is 0 Å². The molecular weight excluding hydrogens is 122 g/mol. The van der Waals surface area contributed by atoms with Gasteiger partial charge >= 0.3 is 0 Å². The monoisotopic (exact) mass is 139 g/mol. The number of hydrogen-bond donors (Lipinski definition) is 0. The Morgan fingerprint density at radius 1 is 1.00 bits per heavy atom. The molecule has 1 atom stereocenters. The first kappa shape index (κ1) is 6.66. The van der Waals surface area contributed by atoms with Gasteiger partial charge in [0.05, 0.1) is 0 Å². The third kappa shape index (κ3) is 0.878. The topological polar surface area (TPSA) is 3.24 Å². The summed E-state index contributed by atoms with van der Waals surface area (Å²) in [7, 11) is 0. The van der Waals surface area contributed by atoms with Crippen LogP contribution in [0.1, 0.15) is 39.0 Å². The molecule has 2 fully saturated rings.